The van der Waals surface area contributed by atoms with Crippen LogP contribution in [0.2, 0.25) is 0 Å². The molecule has 0 N–H and O–H groups in total. The lowest BCUT2D eigenvalue weighted by Gasteiger charge is -2.08. The van der Waals surface area contributed by atoms with Crippen molar-refractivity contribution in [2.75, 3.05) is 0 Å². The van der Waals surface area contributed by atoms with E-state index in [4.69, 9.17) is 0 Å². The van der Waals surface area contributed by atoms with Crippen LogP contribution in [0.15, 0.2) is 24.9 Å². The van der Waals surface area contributed by atoms with Crippen LogP contribution in [0.25, 0.3) is 5.57 Å². The summed E-state index contributed by atoms with van der Waals surface area (Å²) in [6.45, 7) is 26.6. The third kappa shape index (κ3) is 11.9. The molecule has 0 aliphatic heterocycles. The zero-order valence-electron chi connectivity index (χ0n) is 17.2. The van der Waals surface area contributed by atoms with Gasteiger partial charge in [0.05, 0.1) is 6.20 Å². The molecule has 0 aliphatic rings. The average molecular weight is 321 g/mol. The van der Waals surface area contributed by atoms with E-state index in [1.165, 1.54) is 36.1 Å². The first-order valence-corrected chi connectivity index (χ1v) is 8.90. The molecule has 1 heterocycles. The minimum Gasteiger partial charge on any atom is -0.267 e. The maximum Gasteiger partial charge on any atom is 0.0567 e. The smallest absolute Gasteiger partial charge is 0.0567 e. The van der Waals surface area contributed by atoms with Crippen molar-refractivity contribution in [1.29, 1.82) is 0 Å². The number of hydrogen-bond acceptors (Lipinski definition) is 1. The summed E-state index contributed by atoms with van der Waals surface area (Å²) in [6, 6.07) is 0.429. The number of allylic oxidation sites excluding steroid dienone is 2. The SMILES string of the molecule is C=C(C)C.C=C(C)c1cnn(C(C)C)c1C.CCCC(C)CC. The summed E-state index contributed by atoms with van der Waals surface area (Å²) in [5.74, 6) is 0.949. The Balaban J connectivity index is 0. The Kier molecular flexibility index (Phi) is 13.7. The second kappa shape index (κ2) is 13.2. The largest absolute Gasteiger partial charge is 0.267 e. The van der Waals surface area contributed by atoms with Crippen LogP contribution in [0.5, 0.6) is 0 Å². The Morgan fingerprint density at radius 1 is 1.13 bits per heavy atom. The van der Waals surface area contributed by atoms with Gasteiger partial charge in [-0.1, -0.05) is 52.2 Å². The molecule has 0 aliphatic carbocycles. The van der Waals surface area contributed by atoms with Gasteiger partial charge in [-0.2, -0.15) is 5.10 Å². The summed E-state index contributed by atoms with van der Waals surface area (Å²) in [4.78, 5) is 0. The lowest BCUT2D eigenvalue weighted by Crippen LogP contribution is -2.04. The molecule has 134 valence electrons. The van der Waals surface area contributed by atoms with E-state index in [1.807, 2.05) is 31.6 Å². The van der Waals surface area contributed by atoms with E-state index < -0.39 is 0 Å². The fourth-order valence-electron chi connectivity index (χ4n) is 2.06. The van der Waals surface area contributed by atoms with Gasteiger partial charge >= 0.3 is 0 Å². The Hall–Kier alpha value is -1.31. The lowest BCUT2D eigenvalue weighted by atomic mass is 10.0. The molecule has 1 aromatic rings. The van der Waals surface area contributed by atoms with Crippen LogP contribution in [0.4, 0.5) is 0 Å². The highest BCUT2D eigenvalue weighted by Gasteiger charge is 2.08. The fourth-order valence-corrected chi connectivity index (χ4v) is 2.06. The molecule has 23 heavy (non-hydrogen) atoms. The highest BCUT2D eigenvalue weighted by molar-refractivity contribution is 5.62. The number of hydrogen-bond donors (Lipinski definition) is 0. The number of aromatic nitrogens is 2. The topological polar surface area (TPSA) is 17.8 Å². The predicted molar refractivity (Wildman–Crippen MR) is 107 cm³/mol. The van der Waals surface area contributed by atoms with Gasteiger partial charge in [0.1, 0.15) is 0 Å². The minimum atomic E-state index is 0.429. The van der Waals surface area contributed by atoms with E-state index in [-0.39, 0.29) is 0 Å². The Morgan fingerprint density at radius 3 is 1.78 bits per heavy atom. The van der Waals surface area contributed by atoms with Crippen LogP contribution >= 0.6 is 0 Å². The molecule has 1 atom stereocenters. The summed E-state index contributed by atoms with van der Waals surface area (Å²) in [6.07, 6.45) is 5.97. The van der Waals surface area contributed by atoms with Crippen LogP contribution in [0.3, 0.4) is 0 Å². The second-order valence-corrected chi connectivity index (χ2v) is 6.97. The number of nitrogens with zero attached hydrogens (tertiary/aromatic N) is 2. The molecule has 0 fully saturated rings. The fraction of sp³-hybridized carbons (Fsp3) is 0.667. The molecule has 1 aromatic heterocycles. The molecule has 0 bridgehead atoms. The van der Waals surface area contributed by atoms with E-state index in [2.05, 4.69) is 59.8 Å². The first kappa shape index (κ1) is 23.9. The van der Waals surface area contributed by atoms with Crippen molar-refractivity contribution in [2.45, 2.75) is 87.6 Å². The van der Waals surface area contributed by atoms with Crippen LogP contribution in [0, 0.1) is 12.8 Å². The van der Waals surface area contributed by atoms with E-state index in [1.54, 1.807) is 0 Å². The van der Waals surface area contributed by atoms with Crippen molar-refractivity contribution in [3.63, 3.8) is 0 Å². The van der Waals surface area contributed by atoms with Gasteiger partial charge in [0.25, 0.3) is 0 Å². The van der Waals surface area contributed by atoms with Crippen molar-refractivity contribution in [3.05, 3.63) is 36.2 Å². The molecular weight excluding hydrogens is 280 g/mol. The summed E-state index contributed by atoms with van der Waals surface area (Å²) < 4.78 is 2.02. The van der Waals surface area contributed by atoms with Crippen molar-refractivity contribution >= 4 is 5.57 Å². The van der Waals surface area contributed by atoms with Crippen LogP contribution < -0.4 is 0 Å². The summed E-state index contributed by atoms with van der Waals surface area (Å²) in [7, 11) is 0. The normalized spacial score (nSPS) is 11.0. The molecule has 1 rings (SSSR count). The molecule has 2 nitrogen and oxygen atoms in total. The maximum absolute atomic E-state index is 4.29. The van der Waals surface area contributed by atoms with Crippen molar-refractivity contribution in [2.24, 2.45) is 5.92 Å². The van der Waals surface area contributed by atoms with Crippen molar-refractivity contribution in [1.82, 2.24) is 9.78 Å². The molecule has 0 aromatic carbocycles. The standard InChI is InChI=1S/C10H16N2.C7H16.C4H8/c1-7(2)10-6-11-12(8(3)4)9(10)5;1-4-6-7(3)5-2;1-4(2)3/h6,8H,1H2,2-5H3;7H,4-6H2,1-3H3;1H2,2-3H3. The van der Waals surface area contributed by atoms with Gasteiger partial charge in [0.2, 0.25) is 0 Å². The molecule has 0 amide bonds. The van der Waals surface area contributed by atoms with Gasteiger partial charge in [-0.05, 0) is 53.0 Å². The molecule has 0 saturated carbocycles. The molecule has 1 unspecified atom stereocenters. The zero-order valence-corrected chi connectivity index (χ0v) is 17.2. The predicted octanol–water partition coefficient (Wildman–Crippen LogP) is 7.22. The molecule has 0 spiro atoms. The highest BCUT2D eigenvalue weighted by atomic mass is 15.3. The number of rotatable bonds is 5. The van der Waals surface area contributed by atoms with Gasteiger partial charge in [0.15, 0.2) is 0 Å². The summed E-state index contributed by atoms with van der Waals surface area (Å²) in [5.41, 5.74) is 4.63. The van der Waals surface area contributed by atoms with Crippen molar-refractivity contribution < 1.29 is 0 Å². The van der Waals surface area contributed by atoms with E-state index in [0.29, 0.717) is 6.04 Å². The third-order valence-electron chi connectivity index (χ3n) is 3.47. The van der Waals surface area contributed by atoms with Crippen LogP contribution in [-0.2, 0) is 0 Å². The highest BCUT2D eigenvalue weighted by Crippen LogP contribution is 2.18. The third-order valence-corrected chi connectivity index (χ3v) is 3.47. The van der Waals surface area contributed by atoms with Gasteiger partial charge < -0.3 is 0 Å². The molecule has 2 heteroatoms. The van der Waals surface area contributed by atoms with E-state index >= 15 is 0 Å². The minimum absolute atomic E-state index is 0.429. The van der Waals surface area contributed by atoms with Crippen LogP contribution in [0.1, 0.15) is 92.0 Å². The molecular formula is C21H40N2. The van der Waals surface area contributed by atoms with Gasteiger partial charge in [-0.15, -0.1) is 6.58 Å². The molecule has 0 saturated heterocycles. The van der Waals surface area contributed by atoms with Gasteiger partial charge in [-0.3, -0.25) is 4.68 Å². The van der Waals surface area contributed by atoms with Crippen LogP contribution in [-0.4, -0.2) is 9.78 Å². The Morgan fingerprint density at radius 2 is 1.61 bits per heavy atom. The lowest BCUT2D eigenvalue weighted by molar-refractivity contribution is 0.509. The second-order valence-electron chi connectivity index (χ2n) is 6.97. The average Bonchev–Trinajstić information content (AvgIpc) is 2.81. The first-order chi connectivity index (χ1) is 10.6. The molecule has 0 radical (unpaired) electrons. The van der Waals surface area contributed by atoms with Crippen molar-refractivity contribution in [3.8, 4) is 0 Å². The van der Waals surface area contributed by atoms with E-state index in [9.17, 15) is 0 Å². The quantitative estimate of drug-likeness (QED) is 0.523. The van der Waals surface area contributed by atoms with Gasteiger partial charge in [-0.25, -0.2) is 0 Å². The Labute approximate surface area is 145 Å². The van der Waals surface area contributed by atoms with E-state index in [0.717, 1.165) is 11.5 Å². The summed E-state index contributed by atoms with van der Waals surface area (Å²) in [5, 5.41) is 4.29. The summed E-state index contributed by atoms with van der Waals surface area (Å²) >= 11 is 0. The zero-order chi connectivity index (χ0) is 18.6. The monoisotopic (exact) mass is 320 g/mol. The van der Waals surface area contributed by atoms with Gasteiger partial charge in [0, 0.05) is 17.3 Å². The Bertz CT molecular complexity index is 448. The first-order valence-electron chi connectivity index (χ1n) is 8.90. The maximum atomic E-state index is 4.29.